The molecular weight excluding hydrogens is 476 g/mol. The lowest BCUT2D eigenvalue weighted by Crippen LogP contribution is -2.46. The molecule has 0 radical (unpaired) electrons. The van der Waals surface area contributed by atoms with Crippen molar-refractivity contribution in [3.05, 3.63) is 53.6 Å². The van der Waals surface area contributed by atoms with E-state index in [-0.39, 0.29) is 18.6 Å². The summed E-state index contributed by atoms with van der Waals surface area (Å²) >= 11 is 0. The average molecular weight is 515 g/mol. The van der Waals surface area contributed by atoms with Crippen molar-refractivity contribution < 1.29 is 34.0 Å². The smallest absolute Gasteiger partial charge is 0.407 e. The number of likely N-dealkylation sites (tertiary alicyclic amines) is 1. The molecule has 2 aliphatic rings. The Kier molecular flexibility index (Phi) is 9.87. The third kappa shape index (κ3) is 7.28. The van der Waals surface area contributed by atoms with E-state index in [4.69, 9.17) is 24.1 Å². The van der Waals surface area contributed by atoms with Crippen molar-refractivity contribution in [2.24, 2.45) is 0 Å². The van der Waals surface area contributed by atoms with Crippen molar-refractivity contribution in [2.75, 3.05) is 64.6 Å². The van der Waals surface area contributed by atoms with Crippen molar-refractivity contribution in [1.29, 1.82) is 0 Å². The molecule has 202 valence electrons. The van der Waals surface area contributed by atoms with Crippen LogP contribution in [-0.2, 0) is 16.1 Å². The molecule has 2 aromatic carbocycles. The minimum Gasteiger partial charge on any atom is -0.494 e. The Morgan fingerprint density at radius 1 is 1.11 bits per heavy atom. The van der Waals surface area contributed by atoms with E-state index in [2.05, 4.69) is 11.0 Å². The summed E-state index contributed by atoms with van der Waals surface area (Å²) in [6.07, 6.45) is 1.03. The fourth-order valence-corrected chi connectivity index (χ4v) is 4.95. The average Bonchev–Trinajstić information content (AvgIpc) is 2.92. The van der Waals surface area contributed by atoms with E-state index in [0.717, 1.165) is 47.8 Å². The van der Waals surface area contributed by atoms with Crippen LogP contribution in [-0.4, -0.2) is 87.0 Å². The van der Waals surface area contributed by atoms with Gasteiger partial charge in [0.1, 0.15) is 18.1 Å². The first-order valence-electron chi connectivity index (χ1n) is 13.0. The van der Waals surface area contributed by atoms with Crippen molar-refractivity contribution in [3.8, 4) is 11.5 Å². The first-order chi connectivity index (χ1) is 18.1. The lowest BCUT2D eigenvalue weighted by atomic mass is 9.87. The second kappa shape index (κ2) is 13.5. The van der Waals surface area contributed by atoms with Crippen LogP contribution in [0.25, 0.3) is 0 Å². The molecule has 2 unspecified atom stereocenters. The van der Waals surface area contributed by atoms with Crippen LogP contribution in [0.5, 0.6) is 11.5 Å². The van der Waals surface area contributed by atoms with Crippen molar-refractivity contribution >= 4 is 11.8 Å². The van der Waals surface area contributed by atoms with Gasteiger partial charge in [-0.3, -0.25) is 0 Å². The zero-order valence-electron chi connectivity index (χ0n) is 21.5. The van der Waals surface area contributed by atoms with Crippen LogP contribution in [0.2, 0.25) is 0 Å². The molecule has 2 heterocycles. The first-order valence-corrected chi connectivity index (χ1v) is 13.0. The zero-order chi connectivity index (χ0) is 26.0. The highest BCUT2D eigenvalue weighted by Crippen LogP contribution is 2.35. The van der Waals surface area contributed by atoms with Crippen LogP contribution < -0.4 is 14.4 Å². The largest absolute Gasteiger partial charge is 0.494 e. The van der Waals surface area contributed by atoms with Gasteiger partial charge in [-0.25, -0.2) is 4.79 Å². The number of ether oxygens (including phenoxy) is 4. The molecule has 2 aromatic rings. The summed E-state index contributed by atoms with van der Waals surface area (Å²) in [6, 6.07) is 14.0. The molecular formula is C28H38N2O7. The monoisotopic (exact) mass is 514 g/mol. The van der Waals surface area contributed by atoms with Gasteiger partial charge in [0.25, 0.3) is 0 Å². The maximum Gasteiger partial charge on any atom is 0.407 e. The summed E-state index contributed by atoms with van der Waals surface area (Å²) in [5.74, 6) is 1.71. The minimum atomic E-state index is -0.919. The summed E-state index contributed by atoms with van der Waals surface area (Å²) in [5.41, 5.74) is 3.19. The van der Waals surface area contributed by atoms with Gasteiger partial charge in [0.05, 0.1) is 38.1 Å². The summed E-state index contributed by atoms with van der Waals surface area (Å²) in [4.78, 5) is 15.5. The number of fused-ring (bicyclic) bond motifs is 1. The molecule has 1 saturated heterocycles. The van der Waals surface area contributed by atoms with Crippen LogP contribution in [0.1, 0.15) is 36.3 Å². The minimum absolute atomic E-state index is 0.0774. The van der Waals surface area contributed by atoms with Crippen molar-refractivity contribution in [2.45, 2.75) is 37.9 Å². The Morgan fingerprint density at radius 2 is 1.95 bits per heavy atom. The van der Waals surface area contributed by atoms with Crippen molar-refractivity contribution in [1.82, 2.24) is 4.90 Å². The number of rotatable bonds is 12. The van der Waals surface area contributed by atoms with E-state index >= 15 is 0 Å². The van der Waals surface area contributed by atoms with Gasteiger partial charge in [0, 0.05) is 45.8 Å². The van der Waals surface area contributed by atoms with Gasteiger partial charge >= 0.3 is 6.09 Å². The van der Waals surface area contributed by atoms with E-state index in [0.29, 0.717) is 52.4 Å². The third-order valence-corrected chi connectivity index (χ3v) is 6.93. The summed E-state index contributed by atoms with van der Waals surface area (Å²) in [5, 5.41) is 18.5. The predicted octanol–water partition coefficient (Wildman–Crippen LogP) is 3.74. The maximum absolute atomic E-state index is 11.7. The van der Waals surface area contributed by atoms with Crippen LogP contribution >= 0.6 is 0 Å². The second-order valence-electron chi connectivity index (χ2n) is 9.45. The second-order valence-corrected chi connectivity index (χ2v) is 9.45. The zero-order valence-corrected chi connectivity index (χ0v) is 21.5. The molecule has 1 fully saturated rings. The number of carbonyl (C=O) groups is 1. The number of piperidine rings is 1. The normalized spacial score (nSPS) is 19.3. The van der Waals surface area contributed by atoms with E-state index in [1.807, 2.05) is 36.4 Å². The molecule has 0 spiro atoms. The number of hydrogen-bond acceptors (Lipinski definition) is 7. The quantitative estimate of drug-likeness (QED) is 0.413. The van der Waals surface area contributed by atoms with Gasteiger partial charge < -0.3 is 39.0 Å². The molecule has 9 heteroatoms. The van der Waals surface area contributed by atoms with Crippen LogP contribution in [0.15, 0.2) is 42.5 Å². The molecule has 2 N–H and O–H groups in total. The van der Waals surface area contributed by atoms with Gasteiger partial charge in [0.2, 0.25) is 0 Å². The number of aliphatic hydroxyl groups is 1. The predicted molar refractivity (Wildman–Crippen MR) is 140 cm³/mol. The number of aliphatic hydroxyl groups excluding tert-OH is 1. The number of nitrogens with zero attached hydrogens (tertiary/aromatic N) is 2. The fraction of sp³-hybridized carbons (Fsp3) is 0.536. The van der Waals surface area contributed by atoms with Gasteiger partial charge in [-0.2, -0.15) is 0 Å². The van der Waals surface area contributed by atoms with Gasteiger partial charge in [-0.15, -0.1) is 0 Å². The molecule has 9 nitrogen and oxygen atoms in total. The highest BCUT2D eigenvalue weighted by Gasteiger charge is 2.33. The van der Waals surface area contributed by atoms with Crippen LogP contribution in [0, 0.1) is 0 Å². The van der Waals surface area contributed by atoms with Gasteiger partial charge in [-0.05, 0) is 48.2 Å². The molecule has 37 heavy (non-hydrogen) atoms. The Morgan fingerprint density at radius 3 is 2.70 bits per heavy atom. The topological polar surface area (TPSA) is 101 Å². The number of amides is 1. The highest BCUT2D eigenvalue weighted by molar-refractivity contribution is 5.65. The van der Waals surface area contributed by atoms with E-state index in [1.54, 1.807) is 7.11 Å². The Hall–Kier alpha value is -3.01. The van der Waals surface area contributed by atoms with E-state index in [9.17, 15) is 9.90 Å². The Bertz CT molecular complexity index is 1000. The van der Waals surface area contributed by atoms with Gasteiger partial charge in [0.15, 0.2) is 0 Å². The number of methoxy groups -OCH3 is 1. The molecule has 0 aliphatic carbocycles. The molecule has 4 rings (SSSR count). The highest BCUT2D eigenvalue weighted by atomic mass is 16.5. The fourth-order valence-electron chi connectivity index (χ4n) is 4.95. The summed E-state index contributed by atoms with van der Waals surface area (Å²) < 4.78 is 23.1. The number of anilines is 1. The molecule has 0 saturated carbocycles. The Balaban J connectivity index is 1.44. The third-order valence-electron chi connectivity index (χ3n) is 6.93. The molecule has 2 atom stereocenters. The Labute approximate surface area is 218 Å². The van der Waals surface area contributed by atoms with E-state index in [1.165, 1.54) is 4.90 Å². The lowest BCUT2D eigenvalue weighted by Gasteiger charge is -2.37. The number of hydrogen-bond donors (Lipinski definition) is 2. The molecule has 0 bridgehead atoms. The SMILES string of the molecule is COCCCN1CCOc2ccc(COC3CN(C(=O)O)CCC3c3ccc(OCCCO)cc3)cc21. The maximum atomic E-state index is 11.7. The lowest BCUT2D eigenvalue weighted by molar-refractivity contribution is -0.0199. The van der Waals surface area contributed by atoms with Gasteiger partial charge in [-0.1, -0.05) is 18.2 Å². The molecule has 0 aromatic heterocycles. The van der Waals surface area contributed by atoms with E-state index < -0.39 is 6.09 Å². The van der Waals surface area contributed by atoms with Crippen molar-refractivity contribution in [3.63, 3.8) is 0 Å². The molecule has 1 amide bonds. The number of benzene rings is 2. The molecule has 2 aliphatic heterocycles. The summed E-state index contributed by atoms with van der Waals surface area (Å²) in [6.45, 7) is 4.86. The standard InChI is InChI=1S/C28H38N2O7/c1-34-15-2-11-29-13-17-36-26-9-4-21(18-25(26)29)20-37-27-19-30(28(32)33)12-10-24(27)22-5-7-23(8-6-22)35-16-3-14-31/h4-9,18,24,27,31H,2-3,10-17,19-20H2,1H3,(H,32,33). The van der Waals surface area contributed by atoms with Crippen LogP contribution in [0.4, 0.5) is 10.5 Å². The first kappa shape index (κ1) is 27.0. The van der Waals surface area contributed by atoms with Crippen LogP contribution in [0.3, 0.4) is 0 Å². The number of carboxylic acid groups (broad SMARTS) is 1. The summed E-state index contributed by atoms with van der Waals surface area (Å²) in [7, 11) is 1.72.